The third-order valence-corrected chi connectivity index (χ3v) is 2.48. The van der Waals surface area contributed by atoms with Gasteiger partial charge in [0.25, 0.3) is 0 Å². The maximum atomic E-state index is 11.6. The fourth-order valence-electron chi connectivity index (χ4n) is 1.42. The minimum Gasteiger partial charge on any atom is -0.469 e. The smallest absolute Gasteiger partial charge is 0.311 e. The number of methoxy groups -OCH3 is 1. The highest BCUT2D eigenvalue weighted by atomic mass is 16.5. The van der Waals surface area contributed by atoms with Crippen LogP contribution in [0.25, 0.3) is 0 Å². The lowest BCUT2D eigenvalue weighted by molar-refractivity contribution is -0.152. The van der Waals surface area contributed by atoms with Crippen molar-refractivity contribution < 1.29 is 9.53 Å². The zero-order chi connectivity index (χ0) is 11.0. The molecule has 0 bridgehead atoms. The van der Waals surface area contributed by atoms with Gasteiger partial charge >= 0.3 is 5.97 Å². The van der Waals surface area contributed by atoms with E-state index in [1.807, 2.05) is 19.1 Å². The summed E-state index contributed by atoms with van der Waals surface area (Å²) in [4.78, 5) is 11.6. The zero-order valence-electron chi connectivity index (χ0n) is 9.21. The Morgan fingerprint density at radius 2 is 1.71 bits per heavy atom. The summed E-state index contributed by atoms with van der Waals surface area (Å²) in [6.45, 7) is 9.25. The van der Waals surface area contributed by atoms with Gasteiger partial charge in [0.05, 0.1) is 12.5 Å². The predicted molar refractivity (Wildman–Crippen MR) is 59.0 cm³/mol. The number of carbonyl (C=O) groups excluding carboxylic acids is 1. The van der Waals surface area contributed by atoms with Crippen LogP contribution in [-0.2, 0) is 9.53 Å². The largest absolute Gasteiger partial charge is 0.469 e. The summed E-state index contributed by atoms with van der Waals surface area (Å²) in [5.41, 5.74) is -0.392. The predicted octanol–water partition coefficient (Wildman–Crippen LogP) is 3.10. The molecule has 0 aromatic carbocycles. The van der Waals surface area contributed by atoms with E-state index in [9.17, 15) is 4.79 Å². The van der Waals surface area contributed by atoms with Crippen LogP contribution < -0.4 is 0 Å². The summed E-state index contributed by atoms with van der Waals surface area (Å²) >= 11 is 0. The van der Waals surface area contributed by atoms with Crippen LogP contribution in [0.2, 0.25) is 0 Å². The van der Waals surface area contributed by atoms with Gasteiger partial charge in [0.2, 0.25) is 0 Å². The molecule has 0 aliphatic rings. The second-order valence-electron chi connectivity index (χ2n) is 3.71. The van der Waals surface area contributed by atoms with Gasteiger partial charge < -0.3 is 4.74 Å². The van der Waals surface area contributed by atoms with E-state index in [-0.39, 0.29) is 5.97 Å². The number of hydrogen-bond donors (Lipinski definition) is 0. The van der Waals surface area contributed by atoms with Gasteiger partial charge in [0.1, 0.15) is 0 Å². The van der Waals surface area contributed by atoms with Crippen LogP contribution in [0.15, 0.2) is 25.3 Å². The van der Waals surface area contributed by atoms with Crippen LogP contribution in [-0.4, -0.2) is 13.1 Å². The average Bonchev–Trinajstić information content (AvgIpc) is 2.22. The molecule has 80 valence electrons. The molecule has 0 atom stereocenters. The summed E-state index contributed by atoms with van der Waals surface area (Å²) in [5, 5.41) is 0. The lowest BCUT2D eigenvalue weighted by Gasteiger charge is -2.25. The fourth-order valence-corrected chi connectivity index (χ4v) is 1.42. The molecular weight excluding hydrogens is 176 g/mol. The highest BCUT2D eigenvalue weighted by Gasteiger charge is 2.32. The Hall–Kier alpha value is -1.05. The second-order valence-corrected chi connectivity index (χ2v) is 3.71. The van der Waals surface area contributed by atoms with Crippen molar-refractivity contribution in [1.82, 2.24) is 0 Å². The minimum absolute atomic E-state index is 0.138. The van der Waals surface area contributed by atoms with Crippen molar-refractivity contribution in [2.45, 2.75) is 32.6 Å². The first-order chi connectivity index (χ1) is 6.60. The Balaban J connectivity index is 4.38. The van der Waals surface area contributed by atoms with Crippen molar-refractivity contribution in [2.24, 2.45) is 5.41 Å². The minimum atomic E-state index is -0.392. The molecule has 0 amide bonds. The summed E-state index contributed by atoms with van der Waals surface area (Å²) in [5.74, 6) is -0.138. The first kappa shape index (κ1) is 12.9. The average molecular weight is 196 g/mol. The van der Waals surface area contributed by atoms with Gasteiger partial charge in [-0.2, -0.15) is 0 Å². The molecular formula is C12H20O2. The van der Waals surface area contributed by atoms with Gasteiger partial charge in [0, 0.05) is 0 Å². The Labute approximate surface area is 86.6 Å². The number of esters is 1. The summed E-state index contributed by atoms with van der Waals surface area (Å²) in [7, 11) is 1.43. The second kappa shape index (κ2) is 6.41. The third-order valence-electron chi connectivity index (χ3n) is 2.48. The number of ether oxygens (including phenoxy) is 1. The van der Waals surface area contributed by atoms with Crippen molar-refractivity contribution >= 4 is 5.97 Å². The number of carbonyl (C=O) groups is 1. The van der Waals surface area contributed by atoms with Gasteiger partial charge in [-0.25, -0.2) is 0 Å². The topological polar surface area (TPSA) is 26.3 Å². The molecule has 2 nitrogen and oxygen atoms in total. The van der Waals surface area contributed by atoms with E-state index in [0.29, 0.717) is 0 Å². The monoisotopic (exact) mass is 196 g/mol. The molecule has 0 spiro atoms. The molecule has 0 aromatic heterocycles. The molecule has 2 heteroatoms. The quantitative estimate of drug-likeness (QED) is 0.462. The number of hydrogen-bond acceptors (Lipinski definition) is 2. The first-order valence-electron chi connectivity index (χ1n) is 4.91. The van der Waals surface area contributed by atoms with E-state index in [1.54, 1.807) is 0 Å². The molecule has 0 radical (unpaired) electrons. The lowest BCUT2D eigenvalue weighted by atomic mass is 9.81. The van der Waals surface area contributed by atoms with E-state index in [0.717, 1.165) is 25.7 Å². The normalized spacial score (nSPS) is 10.7. The Morgan fingerprint density at radius 1 is 1.29 bits per heavy atom. The Kier molecular flexibility index (Phi) is 5.93. The summed E-state index contributed by atoms with van der Waals surface area (Å²) < 4.78 is 4.80. The molecule has 0 fully saturated rings. The van der Waals surface area contributed by atoms with E-state index in [1.165, 1.54) is 7.11 Å². The highest BCUT2D eigenvalue weighted by Crippen LogP contribution is 2.30. The maximum Gasteiger partial charge on any atom is 0.311 e. The standard InChI is InChI=1S/C12H20O2/c1-5-7-9-12(3,10-8-6-2)11(13)14-4/h5-6H,1-2,7-10H2,3-4H3. The zero-order valence-corrected chi connectivity index (χ0v) is 9.21. The van der Waals surface area contributed by atoms with Gasteiger partial charge in [0.15, 0.2) is 0 Å². The van der Waals surface area contributed by atoms with Crippen molar-refractivity contribution in [3.63, 3.8) is 0 Å². The third kappa shape index (κ3) is 3.77. The molecule has 0 unspecified atom stereocenters. The van der Waals surface area contributed by atoms with E-state index in [2.05, 4.69) is 13.2 Å². The number of allylic oxidation sites excluding steroid dienone is 2. The van der Waals surface area contributed by atoms with Gasteiger partial charge in [-0.05, 0) is 32.6 Å². The lowest BCUT2D eigenvalue weighted by Crippen LogP contribution is -2.28. The molecule has 0 saturated heterocycles. The van der Waals surface area contributed by atoms with Gasteiger partial charge in [-0.3, -0.25) is 4.79 Å². The Bertz CT molecular complexity index is 194. The molecule has 0 N–H and O–H groups in total. The van der Waals surface area contributed by atoms with Crippen molar-refractivity contribution in [2.75, 3.05) is 7.11 Å². The fraction of sp³-hybridized carbons (Fsp3) is 0.583. The first-order valence-corrected chi connectivity index (χ1v) is 4.91. The van der Waals surface area contributed by atoms with Crippen LogP contribution in [0.5, 0.6) is 0 Å². The van der Waals surface area contributed by atoms with Gasteiger partial charge in [-0.1, -0.05) is 12.2 Å². The van der Waals surface area contributed by atoms with Crippen LogP contribution in [0.4, 0.5) is 0 Å². The molecule has 0 aliphatic heterocycles. The van der Waals surface area contributed by atoms with E-state index in [4.69, 9.17) is 4.74 Å². The van der Waals surface area contributed by atoms with E-state index < -0.39 is 5.41 Å². The van der Waals surface area contributed by atoms with Crippen LogP contribution in [0.1, 0.15) is 32.6 Å². The molecule has 14 heavy (non-hydrogen) atoms. The van der Waals surface area contributed by atoms with E-state index >= 15 is 0 Å². The van der Waals surface area contributed by atoms with Crippen LogP contribution >= 0.6 is 0 Å². The molecule has 0 saturated carbocycles. The van der Waals surface area contributed by atoms with Crippen molar-refractivity contribution in [1.29, 1.82) is 0 Å². The van der Waals surface area contributed by atoms with Crippen molar-refractivity contribution in [3.05, 3.63) is 25.3 Å². The molecule has 0 aliphatic carbocycles. The molecule has 0 aromatic rings. The van der Waals surface area contributed by atoms with Crippen molar-refractivity contribution in [3.8, 4) is 0 Å². The molecule has 0 heterocycles. The molecule has 0 rings (SSSR count). The van der Waals surface area contributed by atoms with Gasteiger partial charge in [-0.15, -0.1) is 13.2 Å². The van der Waals surface area contributed by atoms with Crippen LogP contribution in [0, 0.1) is 5.41 Å². The maximum absolute atomic E-state index is 11.6. The highest BCUT2D eigenvalue weighted by molar-refractivity contribution is 5.76. The SMILES string of the molecule is C=CCCC(C)(CCC=C)C(=O)OC. The summed E-state index contributed by atoms with van der Waals surface area (Å²) in [6, 6.07) is 0. The number of rotatable bonds is 7. The summed E-state index contributed by atoms with van der Waals surface area (Å²) in [6.07, 6.45) is 6.91. The van der Waals surface area contributed by atoms with Crippen LogP contribution in [0.3, 0.4) is 0 Å². The Morgan fingerprint density at radius 3 is 2.00 bits per heavy atom.